The summed E-state index contributed by atoms with van der Waals surface area (Å²) in [5, 5.41) is 0. The molecule has 0 bridgehead atoms. The van der Waals surface area contributed by atoms with Gasteiger partial charge in [0, 0.05) is 0 Å². The maximum absolute atomic E-state index is 12.6. The molecule has 146 valence electrons. The standard InChI is InChI=1S/C22H34O4/c1-5-9-16-25-21(23)19-12-10-11-13-20(19)22(24)26-18(8-4)15-14-17(6-2)7-3/h10-13,17-18H,5-9,14-16H2,1-4H3. The van der Waals surface area contributed by atoms with Crippen molar-refractivity contribution in [3.63, 3.8) is 0 Å². The van der Waals surface area contributed by atoms with Gasteiger partial charge in [-0.2, -0.15) is 0 Å². The molecular formula is C22H34O4. The highest BCUT2D eigenvalue weighted by molar-refractivity contribution is 6.03. The van der Waals surface area contributed by atoms with Crippen LogP contribution in [0.15, 0.2) is 24.3 Å². The zero-order chi connectivity index (χ0) is 19.4. The number of hydrogen-bond donors (Lipinski definition) is 0. The summed E-state index contributed by atoms with van der Waals surface area (Å²) in [4.78, 5) is 24.9. The van der Waals surface area contributed by atoms with Gasteiger partial charge in [0.15, 0.2) is 0 Å². The van der Waals surface area contributed by atoms with Gasteiger partial charge in [-0.05, 0) is 43.7 Å². The summed E-state index contributed by atoms with van der Waals surface area (Å²) < 4.78 is 10.9. The molecule has 4 nitrogen and oxygen atoms in total. The average Bonchev–Trinajstić information content (AvgIpc) is 2.67. The number of carbonyl (C=O) groups excluding carboxylic acids is 2. The first-order valence-corrected chi connectivity index (χ1v) is 10.0. The molecular weight excluding hydrogens is 328 g/mol. The van der Waals surface area contributed by atoms with Crippen molar-refractivity contribution in [1.29, 1.82) is 0 Å². The van der Waals surface area contributed by atoms with Crippen LogP contribution in [0.25, 0.3) is 0 Å². The Hall–Kier alpha value is -1.84. The Morgan fingerprint density at radius 2 is 1.50 bits per heavy atom. The molecule has 0 aliphatic carbocycles. The van der Waals surface area contributed by atoms with Crippen molar-refractivity contribution in [3.05, 3.63) is 35.4 Å². The minimum Gasteiger partial charge on any atom is -0.462 e. The van der Waals surface area contributed by atoms with Gasteiger partial charge in [-0.1, -0.05) is 59.1 Å². The summed E-state index contributed by atoms with van der Waals surface area (Å²) in [6, 6.07) is 6.73. The highest BCUT2D eigenvalue weighted by Crippen LogP contribution is 2.20. The van der Waals surface area contributed by atoms with Gasteiger partial charge in [0.2, 0.25) is 0 Å². The van der Waals surface area contributed by atoms with Gasteiger partial charge in [-0.25, -0.2) is 9.59 Å². The lowest BCUT2D eigenvalue weighted by molar-refractivity contribution is 0.0248. The van der Waals surface area contributed by atoms with E-state index in [-0.39, 0.29) is 17.2 Å². The Balaban J connectivity index is 2.74. The van der Waals surface area contributed by atoms with Crippen molar-refractivity contribution >= 4 is 11.9 Å². The van der Waals surface area contributed by atoms with Crippen molar-refractivity contribution in [3.8, 4) is 0 Å². The Bertz CT molecular complexity index is 549. The van der Waals surface area contributed by atoms with Crippen LogP contribution in [0.3, 0.4) is 0 Å². The third-order valence-corrected chi connectivity index (χ3v) is 4.88. The molecule has 0 amide bonds. The van der Waals surface area contributed by atoms with E-state index in [1.807, 2.05) is 13.8 Å². The van der Waals surface area contributed by atoms with Crippen molar-refractivity contribution in [2.75, 3.05) is 6.61 Å². The van der Waals surface area contributed by atoms with Gasteiger partial charge < -0.3 is 9.47 Å². The molecule has 1 aromatic carbocycles. The Morgan fingerprint density at radius 1 is 0.885 bits per heavy atom. The minimum atomic E-state index is -0.462. The molecule has 0 saturated heterocycles. The van der Waals surface area contributed by atoms with Gasteiger partial charge in [0.05, 0.1) is 17.7 Å². The highest BCUT2D eigenvalue weighted by atomic mass is 16.5. The monoisotopic (exact) mass is 362 g/mol. The molecule has 1 rings (SSSR count). The molecule has 0 heterocycles. The Morgan fingerprint density at radius 3 is 2.04 bits per heavy atom. The minimum absolute atomic E-state index is 0.118. The molecule has 0 N–H and O–H groups in total. The summed E-state index contributed by atoms with van der Waals surface area (Å²) in [5.41, 5.74) is 0.568. The van der Waals surface area contributed by atoms with E-state index < -0.39 is 11.9 Å². The summed E-state index contributed by atoms with van der Waals surface area (Å²) in [6.07, 6.45) is 6.62. The van der Waals surface area contributed by atoms with Crippen LogP contribution in [0.2, 0.25) is 0 Å². The van der Waals surface area contributed by atoms with E-state index in [0.717, 1.165) is 44.9 Å². The van der Waals surface area contributed by atoms with E-state index in [4.69, 9.17) is 9.47 Å². The maximum Gasteiger partial charge on any atom is 0.339 e. The normalized spacial score (nSPS) is 12.0. The van der Waals surface area contributed by atoms with Gasteiger partial charge in [0.1, 0.15) is 6.10 Å². The molecule has 0 aromatic heterocycles. The summed E-state index contributed by atoms with van der Waals surface area (Å²) in [6.45, 7) is 8.82. The van der Waals surface area contributed by atoms with Crippen molar-refractivity contribution in [2.24, 2.45) is 5.92 Å². The number of unbranched alkanes of at least 4 members (excludes halogenated alkanes) is 1. The fourth-order valence-electron chi connectivity index (χ4n) is 2.91. The largest absolute Gasteiger partial charge is 0.462 e. The van der Waals surface area contributed by atoms with Gasteiger partial charge in [-0.3, -0.25) is 0 Å². The Kier molecular flexibility index (Phi) is 10.7. The lowest BCUT2D eigenvalue weighted by Gasteiger charge is -2.20. The molecule has 0 fully saturated rings. The van der Waals surface area contributed by atoms with Crippen LogP contribution in [-0.4, -0.2) is 24.6 Å². The van der Waals surface area contributed by atoms with Crippen LogP contribution in [0.5, 0.6) is 0 Å². The molecule has 0 aliphatic rings. The molecule has 1 atom stereocenters. The van der Waals surface area contributed by atoms with Crippen LogP contribution in [-0.2, 0) is 9.47 Å². The molecule has 0 radical (unpaired) electrons. The number of rotatable bonds is 12. The van der Waals surface area contributed by atoms with Gasteiger partial charge in [0.25, 0.3) is 0 Å². The molecule has 0 aliphatic heterocycles. The first-order valence-electron chi connectivity index (χ1n) is 10.0. The zero-order valence-corrected chi connectivity index (χ0v) is 16.8. The second kappa shape index (κ2) is 12.5. The molecule has 0 spiro atoms. The van der Waals surface area contributed by atoms with Crippen LogP contribution in [0.1, 0.15) is 93.4 Å². The summed E-state index contributed by atoms with van der Waals surface area (Å²) in [5.74, 6) is -0.232. The SMILES string of the molecule is CCCCOC(=O)c1ccccc1C(=O)OC(CC)CCC(CC)CC. The second-order valence-electron chi connectivity index (χ2n) is 6.73. The van der Waals surface area contributed by atoms with Crippen LogP contribution in [0, 0.1) is 5.92 Å². The molecule has 1 unspecified atom stereocenters. The molecule has 0 saturated carbocycles. The van der Waals surface area contributed by atoms with Gasteiger partial charge >= 0.3 is 11.9 Å². The van der Waals surface area contributed by atoms with Crippen LogP contribution < -0.4 is 0 Å². The van der Waals surface area contributed by atoms with Gasteiger partial charge in [-0.15, -0.1) is 0 Å². The van der Waals surface area contributed by atoms with Crippen molar-refractivity contribution in [1.82, 2.24) is 0 Å². The highest BCUT2D eigenvalue weighted by Gasteiger charge is 2.22. The molecule has 1 aromatic rings. The van der Waals surface area contributed by atoms with E-state index >= 15 is 0 Å². The quantitative estimate of drug-likeness (QED) is 0.348. The first-order chi connectivity index (χ1) is 12.6. The smallest absolute Gasteiger partial charge is 0.339 e. The van der Waals surface area contributed by atoms with E-state index in [1.54, 1.807) is 24.3 Å². The average molecular weight is 363 g/mol. The van der Waals surface area contributed by atoms with Crippen LogP contribution in [0.4, 0.5) is 0 Å². The zero-order valence-electron chi connectivity index (χ0n) is 16.8. The number of carbonyl (C=O) groups is 2. The predicted octanol–water partition coefficient (Wildman–Crippen LogP) is 5.80. The third-order valence-electron chi connectivity index (χ3n) is 4.88. The lowest BCUT2D eigenvalue weighted by atomic mass is 9.95. The maximum atomic E-state index is 12.6. The van der Waals surface area contributed by atoms with Crippen LogP contribution >= 0.6 is 0 Å². The van der Waals surface area contributed by atoms with E-state index in [9.17, 15) is 9.59 Å². The first kappa shape index (κ1) is 22.2. The summed E-state index contributed by atoms with van der Waals surface area (Å²) >= 11 is 0. The van der Waals surface area contributed by atoms with Crippen molar-refractivity contribution < 1.29 is 19.1 Å². The van der Waals surface area contributed by atoms with E-state index in [0.29, 0.717) is 12.5 Å². The fraction of sp³-hybridized carbons (Fsp3) is 0.636. The number of esters is 2. The third kappa shape index (κ3) is 7.19. The second-order valence-corrected chi connectivity index (χ2v) is 6.73. The van der Waals surface area contributed by atoms with E-state index in [2.05, 4.69) is 13.8 Å². The topological polar surface area (TPSA) is 52.6 Å². The number of ether oxygens (including phenoxy) is 2. The number of hydrogen-bond acceptors (Lipinski definition) is 4. The Labute approximate surface area is 158 Å². The fourth-order valence-corrected chi connectivity index (χ4v) is 2.91. The lowest BCUT2D eigenvalue weighted by Crippen LogP contribution is -2.21. The van der Waals surface area contributed by atoms with E-state index in [1.165, 1.54) is 0 Å². The predicted molar refractivity (Wildman–Crippen MR) is 104 cm³/mol. The summed E-state index contributed by atoms with van der Waals surface area (Å²) in [7, 11) is 0. The molecule has 4 heteroatoms. The molecule has 26 heavy (non-hydrogen) atoms. The van der Waals surface area contributed by atoms with Crippen molar-refractivity contribution in [2.45, 2.75) is 78.7 Å². The number of benzene rings is 1.